The number of anilines is 1. The summed E-state index contributed by atoms with van der Waals surface area (Å²) in [6.45, 7) is 6.38. The van der Waals surface area contributed by atoms with Gasteiger partial charge >= 0.3 is 0 Å². The number of fused-ring (bicyclic) bond motifs is 1. The van der Waals surface area contributed by atoms with E-state index >= 15 is 0 Å². The number of aryl methyl sites for hydroxylation is 1. The van der Waals surface area contributed by atoms with Crippen molar-refractivity contribution in [2.45, 2.75) is 25.8 Å². The average molecular weight is 397 g/mol. The third-order valence-corrected chi connectivity index (χ3v) is 4.91. The van der Waals surface area contributed by atoms with Crippen LogP contribution in [0.3, 0.4) is 0 Å². The molecule has 0 bridgehead atoms. The summed E-state index contributed by atoms with van der Waals surface area (Å²) in [5.41, 5.74) is 1.25. The highest BCUT2D eigenvalue weighted by Gasteiger charge is 2.20. The Morgan fingerprint density at radius 1 is 1.29 bits per heavy atom. The van der Waals surface area contributed by atoms with Crippen molar-refractivity contribution in [3.05, 3.63) is 51.7 Å². The van der Waals surface area contributed by atoms with Gasteiger partial charge in [0.15, 0.2) is 0 Å². The molecule has 0 amide bonds. The molecule has 0 aliphatic rings. The van der Waals surface area contributed by atoms with Gasteiger partial charge in [0.05, 0.1) is 16.8 Å². The van der Waals surface area contributed by atoms with Crippen molar-refractivity contribution in [1.82, 2.24) is 14.5 Å². The summed E-state index contributed by atoms with van der Waals surface area (Å²) in [5, 5.41) is 13.7. The number of aromatic nitrogens is 3. The number of halogens is 1. The lowest BCUT2D eigenvalue weighted by Gasteiger charge is -2.17. The lowest BCUT2D eigenvalue weighted by molar-refractivity contribution is 0.627. The highest BCUT2D eigenvalue weighted by molar-refractivity contribution is 7.98. The molecule has 0 fully saturated rings. The number of nitriles is 1. The fourth-order valence-electron chi connectivity index (χ4n) is 2.89. The van der Waals surface area contributed by atoms with Crippen molar-refractivity contribution < 1.29 is 4.39 Å². The van der Waals surface area contributed by atoms with E-state index in [0.29, 0.717) is 40.3 Å². The van der Waals surface area contributed by atoms with Gasteiger partial charge in [-0.15, -0.1) is 11.8 Å². The van der Waals surface area contributed by atoms with Gasteiger partial charge in [-0.3, -0.25) is 4.79 Å². The van der Waals surface area contributed by atoms with Crippen LogP contribution in [0.1, 0.15) is 25.1 Å². The Kier molecular flexibility index (Phi) is 5.66. The summed E-state index contributed by atoms with van der Waals surface area (Å²) in [5.74, 6) is 0.231. The van der Waals surface area contributed by atoms with Crippen molar-refractivity contribution in [2.24, 2.45) is 5.92 Å². The maximum atomic E-state index is 13.4. The van der Waals surface area contributed by atoms with Gasteiger partial charge in [-0.05, 0) is 43.4 Å². The van der Waals surface area contributed by atoms with Crippen LogP contribution in [0.5, 0.6) is 0 Å². The van der Waals surface area contributed by atoms with Crippen molar-refractivity contribution >= 4 is 28.6 Å². The van der Waals surface area contributed by atoms with E-state index in [1.54, 1.807) is 6.92 Å². The number of hydrogen-bond acceptors (Lipinski definition) is 6. The molecule has 0 unspecified atom stereocenters. The lowest BCUT2D eigenvalue weighted by Crippen LogP contribution is -2.26. The standard InChI is InChI=1S/C20H20FN5OS/c1-11(2)10-23-20-25-17-15(9-22)18(28-4)24-12(3)16(17)19(27)26(20)14-7-5-13(21)6-8-14/h5-8,11H,10H2,1-4H3,(H,23,25). The molecule has 3 aromatic rings. The summed E-state index contributed by atoms with van der Waals surface area (Å²) >= 11 is 1.34. The Labute approximate surface area is 166 Å². The fraction of sp³-hybridized carbons (Fsp3) is 0.300. The first-order chi connectivity index (χ1) is 13.4. The van der Waals surface area contributed by atoms with Gasteiger partial charge in [0.2, 0.25) is 5.95 Å². The molecular formula is C20H20FN5OS. The second-order valence-corrected chi connectivity index (χ2v) is 7.54. The molecule has 28 heavy (non-hydrogen) atoms. The topological polar surface area (TPSA) is 83.6 Å². The second kappa shape index (κ2) is 7.98. The highest BCUT2D eigenvalue weighted by Crippen LogP contribution is 2.27. The van der Waals surface area contributed by atoms with Crippen molar-refractivity contribution in [1.29, 1.82) is 5.26 Å². The van der Waals surface area contributed by atoms with E-state index < -0.39 is 5.82 Å². The van der Waals surface area contributed by atoms with Crippen LogP contribution in [0.25, 0.3) is 16.6 Å². The Bertz CT molecular complexity index is 1130. The van der Waals surface area contributed by atoms with Gasteiger partial charge in [0.1, 0.15) is 28.0 Å². The van der Waals surface area contributed by atoms with Crippen molar-refractivity contribution in [3.63, 3.8) is 0 Å². The molecule has 1 N–H and O–H groups in total. The average Bonchev–Trinajstić information content (AvgIpc) is 2.66. The summed E-state index contributed by atoms with van der Waals surface area (Å²) in [6.07, 6.45) is 1.83. The van der Waals surface area contributed by atoms with Gasteiger partial charge in [-0.1, -0.05) is 13.8 Å². The molecule has 0 radical (unpaired) electrons. The molecule has 144 valence electrons. The Morgan fingerprint density at radius 2 is 1.96 bits per heavy atom. The number of thioether (sulfide) groups is 1. The van der Waals surface area contributed by atoms with E-state index in [1.165, 1.54) is 40.6 Å². The minimum Gasteiger partial charge on any atom is -0.355 e. The van der Waals surface area contributed by atoms with E-state index in [2.05, 4.69) is 21.4 Å². The van der Waals surface area contributed by atoms with Gasteiger partial charge in [-0.2, -0.15) is 5.26 Å². The molecule has 0 saturated heterocycles. The van der Waals surface area contributed by atoms with Crippen molar-refractivity contribution in [2.75, 3.05) is 18.1 Å². The Hall–Kier alpha value is -2.92. The first-order valence-corrected chi connectivity index (χ1v) is 10.0. The van der Waals surface area contributed by atoms with E-state index in [0.717, 1.165) is 0 Å². The number of hydrogen-bond donors (Lipinski definition) is 1. The number of nitrogens with one attached hydrogen (secondary N) is 1. The minimum absolute atomic E-state index is 0.282. The monoisotopic (exact) mass is 397 g/mol. The number of rotatable bonds is 5. The number of pyridine rings is 1. The Morgan fingerprint density at radius 3 is 2.54 bits per heavy atom. The van der Waals surface area contributed by atoms with Crippen LogP contribution in [0.15, 0.2) is 34.1 Å². The van der Waals surface area contributed by atoms with E-state index in [1.807, 2.05) is 20.1 Å². The highest BCUT2D eigenvalue weighted by atomic mass is 32.2. The van der Waals surface area contributed by atoms with Crippen LogP contribution in [0.4, 0.5) is 10.3 Å². The number of nitrogens with zero attached hydrogens (tertiary/aromatic N) is 4. The van der Waals surface area contributed by atoms with Gasteiger partial charge in [0.25, 0.3) is 5.56 Å². The summed E-state index contributed by atoms with van der Waals surface area (Å²) in [7, 11) is 0. The smallest absolute Gasteiger partial charge is 0.269 e. The normalized spacial score (nSPS) is 11.0. The maximum Gasteiger partial charge on any atom is 0.269 e. The molecule has 2 aromatic heterocycles. The first kappa shape index (κ1) is 19.8. The van der Waals surface area contributed by atoms with Crippen LogP contribution < -0.4 is 10.9 Å². The molecule has 2 heterocycles. The molecule has 8 heteroatoms. The zero-order valence-corrected chi connectivity index (χ0v) is 16.9. The van der Waals surface area contributed by atoms with Crippen LogP contribution in [0, 0.1) is 30.0 Å². The van der Waals surface area contributed by atoms with Crippen LogP contribution in [-0.4, -0.2) is 27.3 Å². The fourth-order valence-corrected chi connectivity index (χ4v) is 3.46. The summed E-state index contributed by atoms with van der Waals surface area (Å²) in [6, 6.07) is 7.76. The lowest BCUT2D eigenvalue weighted by atomic mass is 10.1. The van der Waals surface area contributed by atoms with Gasteiger partial charge in [0, 0.05) is 6.54 Å². The zero-order valence-electron chi connectivity index (χ0n) is 16.1. The zero-order chi connectivity index (χ0) is 20.4. The molecule has 0 spiro atoms. The summed E-state index contributed by atoms with van der Waals surface area (Å²) < 4.78 is 14.8. The summed E-state index contributed by atoms with van der Waals surface area (Å²) in [4.78, 5) is 22.4. The molecule has 0 saturated carbocycles. The Balaban J connectivity index is 2.40. The molecule has 0 atom stereocenters. The number of benzene rings is 1. The molecule has 0 aliphatic carbocycles. The third kappa shape index (κ3) is 3.58. The minimum atomic E-state index is -0.392. The van der Waals surface area contributed by atoms with Crippen LogP contribution in [0.2, 0.25) is 0 Å². The molecular weight excluding hydrogens is 377 g/mol. The SMILES string of the molecule is CSc1nc(C)c2c(=O)n(-c3ccc(F)cc3)c(NCC(C)C)nc2c1C#N. The molecule has 0 aliphatic heterocycles. The van der Waals surface area contributed by atoms with Crippen LogP contribution in [-0.2, 0) is 0 Å². The van der Waals surface area contributed by atoms with Crippen molar-refractivity contribution in [3.8, 4) is 11.8 Å². The second-order valence-electron chi connectivity index (χ2n) is 6.74. The quantitative estimate of drug-likeness (QED) is 0.658. The van der Waals surface area contributed by atoms with Gasteiger partial charge in [-0.25, -0.2) is 18.9 Å². The predicted octanol–water partition coefficient (Wildman–Crippen LogP) is 3.89. The molecule has 1 aromatic carbocycles. The predicted molar refractivity (Wildman–Crippen MR) is 110 cm³/mol. The largest absolute Gasteiger partial charge is 0.355 e. The van der Waals surface area contributed by atoms with E-state index in [-0.39, 0.29) is 16.5 Å². The maximum absolute atomic E-state index is 13.4. The van der Waals surface area contributed by atoms with E-state index in [4.69, 9.17) is 0 Å². The molecule has 3 rings (SSSR count). The first-order valence-electron chi connectivity index (χ1n) is 8.78. The van der Waals surface area contributed by atoms with Crippen LogP contribution >= 0.6 is 11.8 Å². The van der Waals surface area contributed by atoms with E-state index in [9.17, 15) is 14.4 Å². The van der Waals surface area contributed by atoms with Gasteiger partial charge < -0.3 is 5.32 Å². The third-order valence-electron chi connectivity index (χ3n) is 4.22. The molecule has 6 nitrogen and oxygen atoms in total.